The third-order valence-corrected chi connectivity index (χ3v) is 4.11. The number of hydrogen-bond donors (Lipinski definition) is 0. The van der Waals surface area contributed by atoms with Gasteiger partial charge in [0.2, 0.25) is 0 Å². The molecule has 0 amide bonds. The molecule has 1 aromatic rings. The minimum absolute atomic E-state index is 1.17. The van der Waals surface area contributed by atoms with Gasteiger partial charge in [-0.1, -0.05) is 36.3 Å². The van der Waals surface area contributed by atoms with Gasteiger partial charge in [-0.2, -0.15) is 0 Å². The highest BCUT2D eigenvalue weighted by Gasteiger charge is 2.13. The van der Waals surface area contributed by atoms with Gasteiger partial charge in [0.15, 0.2) is 0 Å². The first-order valence-electron chi connectivity index (χ1n) is 5.19. The molecule has 0 unspecified atom stereocenters. The maximum Gasteiger partial charge on any atom is 0.0196 e. The second kappa shape index (κ2) is 4.22. The zero-order valence-corrected chi connectivity index (χ0v) is 9.66. The number of allylic oxidation sites excluding steroid dienone is 1. The van der Waals surface area contributed by atoms with Gasteiger partial charge in [0.1, 0.15) is 0 Å². The molecule has 1 aliphatic heterocycles. The molecule has 1 aliphatic rings. The van der Waals surface area contributed by atoms with Gasteiger partial charge in [0, 0.05) is 10.6 Å². The molecule has 1 heterocycles. The zero-order chi connectivity index (χ0) is 9.97. The lowest BCUT2D eigenvalue weighted by Gasteiger charge is -2.19. The summed E-state index contributed by atoms with van der Waals surface area (Å²) in [5.41, 5.74) is 4.72. The van der Waals surface area contributed by atoms with E-state index in [2.05, 4.69) is 38.1 Å². The fourth-order valence-electron chi connectivity index (χ4n) is 1.76. The first kappa shape index (κ1) is 9.85. The van der Waals surface area contributed by atoms with E-state index in [4.69, 9.17) is 0 Å². The van der Waals surface area contributed by atoms with Crippen molar-refractivity contribution in [3.63, 3.8) is 0 Å². The minimum atomic E-state index is 1.17. The quantitative estimate of drug-likeness (QED) is 0.622. The lowest BCUT2D eigenvalue weighted by molar-refractivity contribution is 0.981. The summed E-state index contributed by atoms with van der Waals surface area (Å²) in [6, 6.07) is 8.76. The second-order valence-corrected chi connectivity index (χ2v) is 4.83. The molecule has 0 saturated carbocycles. The summed E-state index contributed by atoms with van der Waals surface area (Å²) < 4.78 is 0. The van der Waals surface area contributed by atoms with Crippen LogP contribution in [0.2, 0.25) is 0 Å². The van der Waals surface area contributed by atoms with Gasteiger partial charge >= 0.3 is 0 Å². The van der Waals surface area contributed by atoms with Crippen molar-refractivity contribution in [1.82, 2.24) is 0 Å². The van der Waals surface area contributed by atoms with Gasteiger partial charge in [0.25, 0.3) is 0 Å². The SMILES string of the molecule is CC/C(C)=C1\CSc2ccccc2C1. The molecule has 0 nitrogen and oxygen atoms in total. The Hall–Kier alpha value is -0.690. The van der Waals surface area contributed by atoms with Crippen molar-refractivity contribution in [3.05, 3.63) is 41.0 Å². The normalized spacial score (nSPS) is 19.0. The molecule has 0 N–H and O–H groups in total. The maximum absolute atomic E-state index is 2.27. The Bertz CT molecular complexity index is 363. The van der Waals surface area contributed by atoms with E-state index < -0.39 is 0 Å². The number of hydrogen-bond acceptors (Lipinski definition) is 1. The molecule has 0 spiro atoms. The number of thioether (sulfide) groups is 1. The van der Waals surface area contributed by atoms with Crippen molar-refractivity contribution in [2.45, 2.75) is 31.6 Å². The summed E-state index contributed by atoms with van der Waals surface area (Å²) in [5.74, 6) is 1.19. The Kier molecular flexibility index (Phi) is 2.97. The van der Waals surface area contributed by atoms with Crippen LogP contribution in [0.25, 0.3) is 0 Å². The number of fused-ring (bicyclic) bond motifs is 1. The van der Waals surface area contributed by atoms with E-state index in [9.17, 15) is 0 Å². The Labute approximate surface area is 90.4 Å². The van der Waals surface area contributed by atoms with Gasteiger partial charge < -0.3 is 0 Å². The van der Waals surface area contributed by atoms with Crippen LogP contribution in [0.15, 0.2) is 40.3 Å². The number of rotatable bonds is 1. The first-order valence-corrected chi connectivity index (χ1v) is 6.18. The standard InChI is InChI=1S/C13H16S/c1-3-10(2)12-8-11-6-4-5-7-13(11)14-9-12/h4-7H,3,8-9H2,1-2H3/b12-10-. The van der Waals surface area contributed by atoms with Gasteiger partial charge in [-0.3, -0.25) is 0 Å². The van der Waals surface area contributed by atoms with E-state index in [-0.39, 0.29) is 0 Å². The summed E-state index contributed by atoms with van der Waals surface area (Å²) in [6.07, 6.45) is 2.36. The molecule has 0 aliphatic carbocycles. The smallest absolute Gasteiger partial charge is 0.0196 e. The molecule has 2 rings (SSSR count). The molecule has 0 fully saturated rings. The highest BCUT2D eigenvalue weighted by molar-refractivity contribution is 7.99. The molecular weight excluding hydrogens is 188 g/mol. The monoisotopic (exact) mass is 204 g/mol. The first-order chi connectivity index (χ1) is 6.81. The Morgan fingerprint density at radius 1 is 1.36 bits per heavy atom. The van der Waals surface area contributed by atoms with Crippen molar-refractivity contribution >= 4 is 11.8 Å². The van der Waals surface area contributed by atoms with E-state index in [1.807, 2.05) is 11.8 Å². The molecule has 0 radical (unpaired) electrons. The van der Waals surface area contributed by atoms with E-state index in [1.165, 1.54) is 29.1 Å². The van der Waals surface area contributed by atoms with E-state index in [1.54, 1.807) is 11.1 Å². The van der Waals surface area contributed by atoms with Gasteiger partial charge in [0.05, 0.1) is 0 Å². The van der Waals surface area contributed by atoms with Gasteiger partial charge in [-0.05, 0) is 31.4 Å². The third-order valence-electron chi connectivity index (χ3n) is 2.91. The van der Waals surface area contributed by atoms with Crippen LogP contribution in [0.1, 0.15) is 25.8 Å². The largest absolute Gasteiger partial charge is 0.121 e. The van der Waals surface area contributed by atoms with Crippen molar-refractivity contribution in [2.75, 3.05) is 5.75 Å². The average Bonchev–Trinajstić information content (AvgIpc) is 2.27. The molecule has 0 saturated heterocycles. The van der Waals surface area contributed by atoms with Crippen molar-refractivity contribution in [3.8, 4) is 0 Å². The van der Waals surface area contributed by atoms with E-state index >= 15 is 0 Å². The Balaban J connectivity index is 2.30. The molecule has 0 atom stereocenters. The Morgan fingerprint density at radius 3 is 2.93 bits per heavy atom. The van der Waals surface area contributed by atoms with Crippen molar-refractivity contribution < 1.29 is 0 Å². The van der Waals surface area contributed by atoms with Crippen LogP contribution in [0.4, 0.5) is 0 Å². The minimum Gasteiger partial charge on any atom is -0.121 e. The number of benzene rings is 1. The summed E-state index contributed by atoms with van der Waals surface area (Å²) in [7, 11) is 0. The van der Waals surface area contributed by atoms with Gasteiger partial charge in [-0.25, -0.2) is 0 Å². The zero-order valence-electron chi connectivity index (χ0n) is 8.84. The molecular formula is C13H16S. The molecule has 14 heavy (non-hydrogen) atoms. The highest BCUT2D eigenvalue weighted by atomic mass is 32.2. The molecule has 1 heteroatoms. The molecule has 74 valence electrons. The maximum atomic E-state index is 2.27. The van der Waals surface area contributed by atoms with Crippen LogP contribution in [-0.2, 0) is 6.42 Å². The fraction of sp³-hybridized carbons (Fsp3) is 0.385. The summed E-state index contributed by atoms with van der Waals surface area (Å²) in [5, 5.41) is 0. The van der Waals surface area contributed by atoms with Crippen LogP contribution >= 0.6 is 11.8 Å². The predicted molar refractivity (Wildman–Crippen MR) is 63.9 cm³/mol. The second-order valence-electron chi connectivity index (χ2n) is 3.81. The molecule has 0 bridgehead atoms. The summed E-state index contributed by atoms with van der Waals surface area (Å²) >= 11 is 1.98. The molecule has 0 aromatic heterocycles. The van der Waals surface area contributed by atoms with E-state index in [0.29, 0.717) is 0 Å². The molecule has 1 aromatic carbocycles. The summed E-state index contributed by atoms with van der Waals surface area (Å²) in [6.45, 7) is 4.51. The topological polar surface area (TPSA) is 0 Å². The van der Waals surface area contributed by atoms with Gasteiger partial charge in [-0.15, -0.1) is 11.8 Å². The highest BCUT2D eigenvalue weighted by Crippen LogP contribution is 2.33. The van der Waals surface area contributed by atoms with Crippen LogP contribution in [-0.4, -0.2) is 5.75 Å². The van der Waals surface area contributed by atoms with Crippen molar-refractivity contribution in [2.24, 2.45) is 0 Å². The Morgan fingerprint density at radius 2 is 2.14 bits per heavy atom. The third kappa shape index (κ3) is 1.88. The fourth-order valence-corrected chi connectivity index (χ4v) is 2.94. The predicted octanol–water partition coefficient (Wildman–Crippen LogP) is 4.06. The van der Waals surface area contributed by atoms with Crippen LogP contribution in [0.3, 0.4) is 0 Å². The van der Waals surface area contributed by atoms with Crippen LogP contribution in [0.5, 0.6) is 0 Å². The van der Waals surface area contributed by atoms with E-state index in [0.717, 1.165) is 0 Å². The summed E-state index contributed by atoms with van der Waals surface area (Å²) in [4.78, 5) is 1.47. The van der Waals surface area contributed by atoms with Crippen LogP contribution in [0, 0.1) is 0 Å². The van der Waals surface area contributed by atoms with Crippen LogP contribution < -0.4 is 0 Å². The van der Waals surface area contributed by atoms with Crippen molar-refractivity contribution in [1.29, 1.82) is 0 Å². The lowest BCUT2D eigenvalue weighted by atomic mass is 10.0. The average molecular weight is 204 g/mol. The lowest BCUT2D eigenvalue weighted by Crippen LogP contribution is -2.04.